The van der Waals surface area contributed by atoms with Gasteiger partial charge in [-0.25, -0.2) is 0 Å². The molecule has 132 valence electrons. The second-order valence-electron chi connectivity index (χ2n) is 7.13. The third kappa shape index (κ3) is 3.90. The first-order valence-corrected chi connectivity index (χ1v) is 8.91. The van der Waals surface area contributed by atoms with Crippen molar-refractivity contribution in [2.75, 3.05) is 46.4 Å². The van der Waals surface area contributed by atoms with Crippen LogP contribution in [0.3, 0.4) is 0 Å². The summed E-state index contributed by atoms with van der Waals surface area (Å²) in [5.74, 6) is 1.80. The molecule has 0 bridgehead atoms. The van der Waals surface area contributed by atoms with Crippen LogP contribution in [0.4, 0.5) is 0 Å². The highest BCUT2D eigenvalue weighted by atomic mass is 16.5. The topological polar surface area (TPSA) is 36.0 Å². The highest BCUT2D eigenvalue weighted by Gasteiger charge is 2.35. The van der Waals surface area contributed by atoms with E-state index in [1.807, 2.05) is 11.0 Å². The molecule has 0 saturated carbocycles. The van der Waals surface area contributed by atoms with Crippen molar-refractivity contribution in [3.8, 4) is 5.75 Å². The maximum Gasteiger partial charge on any atom is 0.219 e. The Morgan fingerprint density at radius 1 is 1.21 bits per heavy atom. The Hall–Kier alpha value is -1.59. The number of carbonyl (C=O) groups is 1. The third-order valence-corrected chi connectivity index (χ3v) is 5.42. The summed E-state index contributed by atoms with van der Waals surface area (Å²) in [6.45, 7) is 11.0. The summed E-state index contributed by atoms with van der Waals surface area (Å²) >= 11 is 0. The van der Waals surface area contributed by atoms with Gasteiger partial charge in [0.05, 0.1) is 7.11 Å². The fourth-order valence-corrected chi connectivity index (χ4v) is 4.05. The van der Waals surface area contributed by atoms with Crippen LogP contribution in [0.1, 0.15) is 19.4 Å². The number of benzene rings is 1. The Bertz CT molecular complexity index is 569. The van der Waals surface area contributed by atoms with E-state index in [1.54, 1.807) is 14.0 Å². The number of methoxy groups -OCH3 is 1. The van der Waals surface area contributed by atoms with E-state index in [2.05, 4.69) is 34.9 Å². The molecule has 0 radical (unpaired) electrons. The van der Waals surface area contributed by atoms with Crippen LogP contribution in [0.5, 0.6) is 5.75 Å². The molecule has 2 aliphatic heterocycles. The Morgan fingerprint density at radius 3 is 2.62 bits per heavy atom. The van der Waals surface area contributed by atoms with Crippen molar-refractivity contribution in [1.29, 1.82) is 0 Å². The number of nitrogens with zero attached hydrogens (tertiary/aromatic N) is 3. The number of carbonyl (C=O) groups excluding carboxylic acids is 1. The largest absolute Gasteiger partial charge is 0.497 e. The molecular formula is C19H29N3O2. The van der Waals surface area contributed by atoms with E-state index in [-0.39, 0.29) is 5.91 Å². The van der Waals surface area contributed by atoms with E-state index < -0.39 is 0 Å². The first kappa shape index (κ1) is 17.2. The van der Waals surface area contributed by atoms with Crippen LogP contribution in [0.15, 0.2) is 24.3 Å². The van der Waals surface area contributed by atoms with Gasteiger partial charge in [0.15, 0.2) is 0 Å². The molecule has 1 amide bonds. The smallest absolute Gasteiger partial charge is 0.219 e. The van der Waals surface area contributed by atoms with Crippen molar-refractivity contribution in [3.05, 3.63) is 29.8 Å². The molecule has 2 aliphatic rings. The van der Waals surface area contributed by atoms with E-state index in [0.717, 1.165) is 51.6 Å². The molecule has 3 rings (SSSR count). The van der Waals surface area contributed by atoms with Crippen LogP contribution < -0.4 is 4.74 Å². The quantitative estimate of drug-likeness (QED) is 0.841. The summed E-state index contributed by atoms with van der Waals surface area (Å²) in [6, 6.07) is 8.96. The van der Waals surface area contributed by atoms with Gasteiger partial charge in [0.2, 0.25) is 5.91 Å². The van der Waals surface area contributed by atoms with Crippen LogP contribution in [0, 0.1) is 5.92 Å². The van der Waals surface area contributed by atoms with Gasteiger partial charge in [0.1, 0.15) is 5.75 Å². The maximum absolute atomic E-state index is 11.5. The second-order valence-corrected chi connectivity index (χ2v) is 7.13. The molecule has 5 heteroatoms. The lowest BCUT2D eigenvalue weighted by molar-refractivity contribution is -0.130. The Labute approximate surface area is 145 Å². The van der Waals surface area contributed by atoms with E-state index in [1.165, 1.54) is 5.56 Å². The van der Waals surface area contributed by atoms with Crippen molar-refractivity contribution in [2.24, 2.45) is 5.92 Å². The number of ether oxygens (including phenoxy) is 1. The summed E-state index contributed by atoms with van der Waals surface area (Å²) in [6.07, 6.45) is 0. The zero-order valence-electron chi connectivity index (χ0n) is 15.1. The van der Waals surface area contributed by atoms with Gasteiger partial charge in [0, 0.05) is 58.8 Å². The number of piperazine rings is 1. The molecule has 2 heterocycles. The summed E-state index contributed by atoms with van der Waals surface area (Å²) < 4.78 is 5.33. The highest BCUT2D eigenvalue weighted by Crippen LogP contribution is 2.25. The third-order valence-electron chi connectivity index (χ3n) is 5.42. The number of rotatable bonds is 4. The summed E-state index contributed by atoms with van der Waals surface area (Å²) in [5.41, 5.74) is 1.31. The zero-order chi connectivity index (χ0) is 17.1. The number of amides is 1. The molecule has 5 nitrogen and oxygen atoms in total. The van der Waals surface area contributed by atoms with Gasteiger partial charge >= 0.3 is 0 Å². The van der Waals surface area contributed by atoms with Crippen molar-refractivity contribution < 1.29 is 9.53 Å². The maximum atomic E-state index is 11.5. The fraction of sp³-hybridized carbons (Fsp3) is 0.632. The van der Waals surface area contributed by atoms with Crippen molar-refractivity contribution >= 4 is 5.91 Å². The standard InChI is InChI=1S/C19H29N3O2/c1-15-12-20(13-17-5-4-6-18(11-17)24-3)14-19(15)22-9-7-21(8-10-22)16(2)23/h4-6,11,15,19H,7-10,12-14H2,1-3H3/t15-,19-/m0/s1. The molecule has 2 atom stereocenters. The molecule has 1 aromatic carbocycles. The van der Waals surface area contributed by atoms with Crippen molar-refractivity contribution in [2.45, 2.75) is 26.4 Å². The Balaban J connectivity index is 1.56. The molecule has 0 N–H and O–H groups in total. The predicted octanol–water partition coefficient (Wildman–Crippen LogP) is 1.68. The minimum Gasteiger partial charge on any atom is -0.497 e. The van der Waals surface area contributed by atoms with Crippen LogP contribution in [0.2, 0.25) is 0 Å². The van der Waals surface area contributed by atoms with Gasteiger partial charge in [-0.15, -0.1) is 0 Å². The van der Waals surface area contributed by atoms with E-state index in [4.69, 9.17) is 4.74 Å². The minimum atomic E-state index is 0.203. The molecule has 0 spiro atoms. The summed E-state index contributed by atoms with van der Waals surface area (Å²) in [4.78, 5) is 18.6. The van der Waals surface area contributed by atoms with Crippen LogP contribution >= 0.6 is 0 Å². The van der Waals surface area contributed by atoms with Gasteiger partial charge in [0.25, 0.3) is 0 Å². The monoisotopic (exact) mass is 331 g/mol. The molecule has 0 unspecified atom stereocenters. The van der Waals surface area contributed by atoms with Crippen LogP contribution in [-0.2, 0) is 11.3 Å². The van der Waals surface area contributed by atoms with Gasteiger partial charge in [-0.3, -0.25) is 14.6 Å². The molecule has 0 aliphatic carbocycles. The predicted molar refractivity (Wildman–Crippen MR) is 95.1 cm³/mol. The molecular weight excluding hydrogens is 302 g/mol. The second kappa shape index (κ2) is 7.53. The van der Waals surface area contributed by atoms with Crippen molar-refractivity contribution in [3.63, 3.8) is 0 Å². The molecule has 24 heavy (non-hydrogen) atoms. The number of hydrogen-bond acceptors (Lipinski definition) is 4. The molecule has 2 saturated heterocycles. The van der Waals surface area contributed by atoms with Crippen LogP contribution in [-0.4, -0.2) is 73.0 Å². The van der Waals surface area contributed by atoms with Gasteiger partial charge in [-0.1, -0.05) is 19.1 Å². The number of likely N-dealkylation sites (tertiary alicyclic amines) is 1. The molecule has 0 aromatic heterocycles. The van der Waals surface area contributed by atoms with Crippen LogP contribution in [0.25, 0.3) is 0 Å². The van der Waals surface area contributed by atoms with E-state index in [0.29, 0.717) is 12.0 Å². The summed E-state index contributed by atoms with van der Waals surface area (Å²) in [7, 11) is 1.72. The van der Waals surface area contributed by atoms with Gasteiger partial charge < -0.3 is 9.64 Å². The Morgan fingerprint density at radius 2 is 1.96 bits per heavy atom. The molecule has 1 aromatic rings. The zero-order valence-corrected chi connectivity index (χ0v) is 15.1. The molecule has 2 fully saturated rings. The highest BCUT2D eigenvalue weighted by molar-refractivity contribution is 5.73. The average molecular weight is 331 g/mol. The lowest BCUT2D eigenvalue weighted by atomic mass is 10.0. The SMILES string of the molecule is COc1cccc(CN2C[C@H](C)[C@@H](N3CCN(C(C)=O)CC3)C2)c1. The minimum absolute atomic E-state index is 0.203. The van der Waals surface area contributed by atoms with Crippen molar-refractivity contribution in [1.82, 2.24) is 14.7 Å². The van der Waals surface area contributed by atoms with E-state index in [9.17, 15) is 4.79 Å². The van der Waals surface area contributed by atoms with Gasteiger partial charge in [-0.2, -0.15) is 0 Å². The summed E-state index contributed by atoms with van der Waals surface area (Å²) in [5, 5.41) is 0. The average Bonchev–Trinajstić information content (AvgIpc) is 2.95. The fourth-order valence-electron chi connectivity index (χ4n) is 4.05. The van der Waals surface area contributed by atoms with E-state index >= 15 is 0 Å². The first-order chi connectivity index (χ1) is 11.6. The first-order valence-electron chi connectivity index (χ1n) is 8.91. The normalized spacial score (nSPS) is 25.9. The Kier molecular flexibility index (Phi) is 5.41. The number of hydrogen-bond donors (Lipinski definition) is 0. The van der Waals surface area contributed by atoms with Gasteiger partial charge in [-0.05, 0) is 23.6 Å². The lowest BCUT2D eigenvalue weighted by Gasteiger charge is -2.39. The lowest BCUT2D eigenvalue weighted by Crippen LogP contribution is -2.53.